The lowest BCUT2D eigenvalue weighted by atomic mass is 10.1. The molecule has 0 saturated carbocycles. The molecule has 2 aromatic rings. The fourth-order valence-corrected chi connectivity index (χ4v) is 2.36. The van der Waals surface area contributed by atoms with E-state index in [1.807, 2.05) is 30.3 Å². The molecule has 0 saturated heterocycles. The molecular weight excluding hydrogens is 211 g/mol. The number of hydrogen-bond donors (Lipinski definition) is 0. The number of benzene rings is 2. The molecule has 0 bridgehead atoms. The summed E-state index contributed by atoms with van der Waals surface area (Å²) in [6.45, 7) is 0. The highest BCUT2D eigenvalue weighted by atomic mass is 35.5. The average molecular weight is 219 g/mol. The average Bonchev–Trinajstić information content (AvgIpc) is 2.57. The third kappa shape index (κ3) is 1.27. The van der Waals surface area contributed by atoms with E-state index in [2.05, 4.69) is 0 Å². The van der Waals surface area contributed by atoms with E-state index in [4.69, 9.17) is 11.6 Å². The molecule has 1 aliphatic carbocycles. The fourth-order valence-electron chi connectivity index (χ4n) is 2.15. The maximum atomic E-state index is 13.6. The zero-order chi connectivity index (χ0) is 10.4. The fraction of sp³-hybridized carbons (Fsp3) is 0.0769. The van der Waals surface area contributed by atoms with E-state index in [-0.39, 0.29) is 5.82 Å². The van der Waals surface area contributed by atoms with Crippen molar-refractivity contribution in [1.29, 1.82) is 0 Å². The lowest BCUT2D eigenvalue weighted by molar-refractivity contribution is 0.616. The van der Waals surface area contributed by atoms with Crippen molar-refractivity contribution in [3.8, 4) is 11.1 Å². The first-order valence-corrected chi connectivity index (χ1v) is 5.20. The van der Waals surface area contributed by atoms with Gasteiger partial charge in [0.1, 0.15) is 5.82 Å². The molecule has 0 amide bonds. The van der Waals surface area contributed by atoms with Gasteiger partial charge in [-0.05, 0) is 28.8 Å². The number of hydrogen-bond acceptors (Lipinski definition) is 0. The van der Waals surface area contributed by atoms with Crippen LogP contribution in [0.1, 0.15) is 11.1 Å². The van der Waals surface area contributed by atoms with E-state index < -0.39 is 0 Å². The molecule has 2 aromatic carbocycles. The van der Waals surface area contributed by atoms with Crippen molar-refractivity contribution in [2.45, 2.75) is 6.42 Å². The summed E-state index contributed by atoms with van der Waals surface area (Å²) in [4.78, 5) is 0. The van der Waals surface area contributed by atoms with Gasteiger partial charge in [-0.2, -0.15) is 0 Å². The minimum Gasteiger partial charge on any atom is -0.207 e. The molecule has 2 heteroatoms. The normalized spacial score (nSPS) is 12.4. The molecule has 15 heavy (non-hydrogen) atoms. The van der Waals surface area contributed by atoms with Gasteiger partial charge in [0.25, 0.3) is 0 Å². The van der Waals surface area contributed by atoms with Gasteiger partial charge in [0.2, 0.25) is 0 Å². The highest BCUT2D eigenvalue weighted by Gasteiger charge is 2.21. The quantitative estimate of drug-likeness (QED) is 0.534. The van der Waals surface area contributed by atoms with Crippen LogP contribution in [-0.2, 0) is 6.42 Å². The molecule has 0 fully saturated rings. The molecule has 0 aliphatic heterocycles. The van der Waals surface area contributed by atoms with Gasteiger partial charge in [0.15, 0.2) is 0 Å². The van der Waals surface area contributed by atoms with Gasteiger partial charge >= 0.3 is 0 Å². The topological polar surface area (TPSA) is 0 Å². The predicted octanol–water partition coefficient (Wildman–Crippen LogP) is 4.05. The van der Waals surface area contributed by atoms with E-state index in [9.17, 15) is 4.39 Å². The Morgan fingerprint density at radius 1 is 1.07 bits per heavy atom. The molecule has 0 spiro atoms. The van der Waals surface area contributed by atoms with Gasteiger partial charge < -0.3 is 0 Å². The zero-order valence-corrected chi connectivity index (χ0v) is 8.68. The van der Waals surface area contributed by atoms with Crippen molar-refractivity contribution >= 4 is 11.6 Å². The Bertz CT molecular complexity index is 546. The Labute approximate surface area is 92.3 Å². The van der Waals surface area contributed by atoms with Gasteiger partial charge in [0.05, 0.1) is 0 Å². The SMILES string of the molecule is Fc1cc(Cl)cc2c1Cc1ccccc1-2. The number of halogens is 2. The molecule has 3 rings (SSSR count). The standard InChI is InChI=1S/C13H8ClF/c14-9-6-11-10-4-2-1-3-8(10)5-12(11)13(15)7-9/h1-4,6-7H,5H2. The molecule has 0 heterocycles. The molecule has 0 aromatic heterocycles. The maximum Gasteiger partial charge on any atom is 0.128 e. The van der Waals surface area contributed by atoms with E-state index in [0.29, 0.717) is 11.4 Å². The van der Waals surface area contributed by atoms with Crippen LogP contribution in [0.2, 0.25) is 5.02 Å². The van der Waals surface area contributed by atoms with Gasteiger partial charge in [-0.3, -0.25) is 0 Å². The van der Waals surface area contributed by atoms with E-state index in [1.165, 1.54) is 11.6 Å². The number of rotatable bonds is 0. The predicted molar refractivity (Wildman–Crippen MR) is 59.7 cm³/mol. The lowest BCUT2D eigenvalue weighted by Gasteiger charge is -2.02. The van der Waals surface area contributed by atoms with E-state index in [1.54, 1.807) is 0 Å². The molecule has 0 N–H and O–H groups in total. The van der Waals surface area contributed by atoms with Crippen LogP contribution < -0.4 is 0 Å². The minimum atomic E-state index is -0.200. The second-order valence-electron chi connectivity index (χ2n) is 3.75. The van der Waals surface area contributed by atoms with E-state index in [0.717, 1.165) is 16.7 Å². The van der Waals surface area contributed by atoms with Crippen molar-refractivity contribution in [1.82, 2.24) is 0 Å². The largest absolute Gasteiger partial charge is 0.207 e. The summed E-state index contributed by atoms with van der Waals surface area (Å²) < 4.78 is 13.6. The summed E-state index contributed by atoms with van der Waals surface area (Å²) in [5.41, 5.74) is 3.98. The first kappa shape index (κ1) is 8.93. The third-order valence-electron chi connectivity index (χ3n) is 2.84. The summed E-state index contributed by atoms with van der Waals surface area (Å²) >= 11 is 5.86. The first-order valence-electron chi connectivity index (χ1n) is 4.82. The van der Waals surface area contributed by atoms with Crippen LogP contribution in [0.4, 0.5) is 4.39 Å². The smallest absolute Gasteiger partial charge is 0.128 e. The Balaban J connectivity index is 2.33. The Morgan fingerprint density at radius 3 is 2.73 bits per heavy atom. The maximum absolute atomic E-state index is 13.6. The van der Waals surface area contributed by atoms with Crippen LogP contribution in [-0.4, -0.2) is 0 Å². The van der Waals surface area contributed by atoms with Crippen LogP contribution in [0.5, 0.6) is 0 Å². The summed E-state index contributed by atoms with van der Waals surface area (Å²) in [6.07, 6.45) is 0.675. The van der Waals surface area contributed by atoms with Crippen LogP contribution in [0.3, 0.4) is 0 Å². The van der Waals surface area contributed by atoms with Crippen molar-refractivity contribution in [3.63, 3.8) is 0 Å². The molecule has 0 nitrogen and oxygen atoms in total. The molecule has 0 unspecified atom stereocenters. The second-order valence-corrected chi connectivity index (χ2v) is 4.18. The highest BCUT2D eigenvalue weighted by Crippen LogP contribution is 2.39. The van der Waals surface area contributed by atoms with Crippen LogP contribution >= 0.6 is 11.6 Å². The van der Waals surface area contributed by atoms with Crippen molar-refractivity contribution in [2.24, 2.45) is 0 Å². The summed E-state index contributed by atoms with van der Waals surface area (Å²) in [5.74, 6) is -0.200. The second kappa shape index (κ2) is 3.07. The van der Waals surface area contributed by atoms with E-state index >= 15 is 0 Å². The van der Waals surface area contributed by atoms with Gasteiger partial charge in [0, 0.05) is 17.0 Å². The van der Waals surface area contributed by atoms with Crippen molar-refractivity contribution in [2.75, 3.05) is 0 Å². The van der Waals surface area contributed by atoms with Crippen molar-refractivity contribution < 1.29 is 4.39 Å². The summed E-state index contributed by atoms with van der Waals surface area (Å²) in [5, 5.41) is 0.461. The molecule has 0 atom stereocenters. The van der Waals surface area contributed by atoms with Gasteiger partial charge in [-0.1, -0.05) is 35.9 Å². The summed E-state index contributed by atoms with van der Waals surface area (Å²) in [6, 6.07) is 11.2. The highest BCUT2D eigenvalue weighted by molar-refractivity contribution is 6.31. The molecule has 74 valence electrons. The monoisotopic (exact) mass is 218 g/mol. The van der Waals surface area contributed by atoms with Crippen LogP contribution in [0.15, 0.2) is 36.4 Å². The summed E-state index contributed by atoms with van der Waals surface area (Å²) in [7, 11) is 0. The Morgan fingerprint density at radius 2 is 1.87 bits per heavy atom. The number of fused-ring (bicyclic) bond motifs is 3. The molecular formula is C13H8ClF. The minimum absolute atomic E-state index is 0.200. The molecule has 1 aliphatic rings. The van der Waals surface area contributed by atoms with Gasteiger partial charge in [-0.15, -0.1) is 0 Å². The first-order chi connectivity index (χ1) is 7.25. The van der Waals surface area contributed by atoms with Crippen molar-refractivity contribution in [3.05, 3.63) is 58.4 Å². The zero-order valence-electron chi connectivity index (χ0n) is 7.93. The van der Waals surface area contributed by atoms with Gasteiger partial charge in [-0.25, -0.2) is 4.39 Å². The van der Waals surface area contributed by atoms with Crippen LogP contribution in [0, 0.1) is 5.82 Å². The Hall–Kier alpha value is -1.34. The molecule has 0 radical (unpaired) electrons. The third-order valence-corrected chi connectivity index (χ3v) is 3.05. The van der Waals surface area contributed by atoms with Crippen LogP contribution in [0.25, 0.3) is 11.1 Å². The lowest BCUT2D eigenvalue weighted by Crippen LogP contribution is -1.87. The Kier molecular flexibility index (Phi) is 1.83.